The Hall–Kier alpha value is -4.10. The van der Waals surface area contributed by atoms with Crippen LogP contribution in [0.1, 0.15) is 65.5 Å². The average Bonchev–Trinajstić information content (AvgIpc) is 3.07. The average molecular weight is 701 g/mol. The maximum atomic E-state index is 13.6. The van der Waals surface area contributed by atoms with Crippen LogP contribution in [0.5, 0.6) is 0 Å². The Morgan fingerprint density at radius 2 is 1.39 bits per heavy atom. The topological polar surface area (TPSA) is 161 Å². The van der Waals surface area contributed by atoms with Gasteiger partial charge in [0.1, 0.15) is 24.3 Å². The van der Waals surface area contributed by atoms with Gasteiger partial charge >= 0.3 is 12.1 Å². The van der Waals surface area contributed by atoms with Gasteiger partial charge in [0, 0.05) is 0 Å². The third-order valence-electron chi connectivity index (χ3n) is 7.45. The molecule has 0 heterocycles. The van der Waals surface area contributed by atoms with Crippen molar-refractivity contribution in [3.05, 3.63) is 71.8 Å². The number of amides is 4. The molecular weight excluding hydrogens is 648 g/mol. The molecule has 13 heteroatoms. The van der Waals surface area contributed by atoms with Crippen molar-refractivity contribution in [3.63, 3.8) is 0 Å². The number of benzene rings is 2. The third kappa shape index (κ3) is 15.8. The zero-order valence-electron chi connectivity index (χ0n) is 29.6. The molecule has 0 spiro atoms. The summed E-state index contributed by atoms with van der Waals surface area (Å²) >= 11 is 1.49. The summed E-state index contributed by atoms with van der Waals surface area (Å²) in [5.74, 6) is -2.19. The molecule has 0 aliphatic carbocycles. The Balaban J connectivity index is 2.12. The lowest BCUT2D eigenvalue weighted by molar-refractivity contribution is -0.154. The summed E-state index contributed by atoms with van der Waals surface area (Å²) < 4.78 is 16.8. The van der Waals surface area contributed by atoms with Gasteiger partial charge in [0.25, 0.3) is 0 Å². The summed E-state index contributed by atoms with van der Waals surface area (Å²) in [5, 5.41) is 10.6. The van der Waals surface area contributed by atoms with E-state index in [4.69, 9.17) is 14.2 Å². The molecule has 2 aromatic rings. The van der Waals surface area contributed by atoms with Crippen LogP contribution in [0.15, 0.2) is 60.7 Å². The summed E-state index contributed by atoms with van der Waals surface area (Å²) in [6.45, 7) is 10.3. The quantitative estimate of drug-likeness (QED) is 0.158. The number of alkyl carbamates (subject to hydrolysis) is 1. The van der Waals surface area contributed by atoms with Crippen molar-refractivity contribution in [2.45, 2.75) is 97.4 Å². The van der Waals surface area contributed by atoms with Crippen LogP contribution in [-0.4, -0.2) is 78.2 Å². The van der Waals surface area contributed by atoms with Gasteiger partial charge in [-0.25, -0.2) is 9.59 Å². The highest BCUT2D eigenvalue weighted by molar-refractivity contribution is 7.98. The van der Waals surface area contributed by atoms with Crippen molar-refractivity contribution in [1.82, 2.24) is 21.3 Å². The zero-order chi connectivity index (χ0) is 36.4. The fraction of sp³-hybridized carbons (Fsp3) is 0.528. The first-order valence-electron chi connectivity index (χ1n) is 16.5. The van der Waals surface area contributed by atoms with Crippen LogP contribution in [0, 0.1) is 5.92 Å². The molecule has 5 atom stereocenters. The van der Waals surface area contributed by atoms with Crippen LogP contribution in [0.3, 0.4) is 0 Å². The van der Waals surface area contributed by atoms with Crippen molar-refractivity contribution >= 4 is 41.5 Å². The number of ether oxygens (including phenoxy) is 3. The Kier molecular flexibility index (Phi) is 17.7. The maximum absolute atomic E-state index is 13.6. The monoisotopic (exact) mass is 700 g/mol. The van der Waals surface area contributed by atoms with Gasteiger partial charge in [-0.1, -0.05) is 80.9 Å². The van der Waals surface area contributed by atoms with E-state index in [-0.39, 0.29) is 25.6 Å². The molecule has 0 aliphatic rings. The van der Waals surface area contributed by atoms with Gasteiger partial charge < -0.3 is 35.5 Å². The smallest absolute Gasteiger partial charge is 0.408 e. The number of carbonyl (C=O) groups excluding carboxylic acids is 5. The highest BCUT2D eigenvalue weighted by atomic mass is 32.2. The predicted molar refractivity (Wildman–Crippen MR) is 189 cm³/mol. The number of thioether (sulfide) groups is 1. The molecule has 0 unspecified atom stereocenters. The lowest BCUT2D eigenvalue weighted by Crippen LogP contribution is -2.57. The van der Waals surface area contributed by atoms with E-state index in [1.54, 1.807) is 34.6 Å². The minimum absolute atomic E-state index is 0.00418. The Labute approximate surface area is 294 Å². The SMILES string of the molecule is CC[C@H](C)[C@H](NC(=O)OC(C)(C)C)C(=O)NCC(=O)N[C@@H](CCSC)C(=O)N[C@H](C(=O)OCc1ccccc1)[C@@H](C)OCc1ccccc1. The largest absolute Gasteiger partial charge is 0.459 e. The second kappa shape index (κ2) is 21.1. The standard InChI is InChI=1S/C36H52N4O8S/c1-8-24(2)30(40-35(45)48-36(4,5)6)33(43)37-21-29(41)38-28(19-20-49-7)32(42)39-31(25(3)46-22-26-15-11-9-12-16-26)34(44)47-23-27-17-13-10-14-18-27/h9-18,24-25,28,30-31H,8,19-23H2,1-7H3,(H,37,43)(H,38,41)(H,39,42)(H,40,45)/t24-,25+,28-,30-,31-/m0/s1. The van der Waals surface area contributed by atoms with E-state index in [9.17, 15) is 24.0 Å². The molecule has 0 aliphatic heterocycles. The first-order chi connectivity index (χ1) is 23.2. The van der Waals surface area contributed by atoms with Crippen LogP contribution >= 0.6 is 11.8 Å². The van der Waals surface area contributed by atoms with Gasteiger partial charge in [0.05, 0.1) is 19.3 Å². The van der Waals surface area contributed by atoms with Crippen molar-refractivity contribution in [2.24, 2.45) is 5.92 Å². The third-order valence-corrected chi connectivity index (χ3v) is 8.10. The molecule has 0 bridgehead atoms. The molecule has 0 saturated carbocycles. The summed E-state index contributed by atoms with van der Waals surface area (Å²) in [6, 6.07) is 15.4. The molecule has 49 heavy (non-hydrogen) atoms. The fourth-order valence-corrected chi connectivity index (χ4v) is 4.97. The predicted octanol–water partition coefficient (Wildman–Crippen LogP) is 4.11. The second-order valence-corrected chi connectivity index (χ2v) is 13.7. The van der Waals surface area contributed by atoms with E-state index < -0.39 is 66.2 Å². The van der Waals surface area contributed by atoms with E-state index in [2.05, 4.69) is 21.3 Å². The maximum Gasteiger partial charge on any atom is 0.408 e. The van der Waals surface area contributed by atoms with Gasteiger partial charge in [-0.15, -0.1) is 0 Å². The van der Waals surface area contributed by atoms with Crippen molar-refractivity contribution in [3.8, 4) is 0 Å². The Bertz CT molecular complexity index is 1340. The molecule has 0 fully saturated rings. The van der Waals surface area contributed by atoms with Gasteiger partial charge in [-0.3, -0.25) is 14.4 Å². The molecule has 4 N–H and O–H groups in total. The first-order valence-corrected chi connectivity index (χ1v) is 17.8. The van der Waals surface area contributed by atoms with E-state index in [0.717, 1.165) is 11.1 Å². The highest BCUT2D eigenvalue weighted by Gasteiger charge is 2.33. The fourth-order valence-electron chi connectivity index (χ4n) is 4.50. The van der Waals surface area contributed by atoms with Crippen LogP contribution in [0.25, 0.3) is 0 Å². The van der Waals surface area contributed by atoms with E-state index in [0.29, 0.717) is 12.2 Å². The molecule has 2 rings (SSSR count). The number of carbonyl (C=O) groups is 5. The molecule has 2 aromatic carbocycles. The van der Waals surface area contributed by atoms with Gasteiger partial charge in [0.15, 0.2) is 6.04 Å². The van der Waals surface area contributed by atoms with E-state index in [1.807, 2.05) is 73.8 Å². The molecular formula is C36H52N4O8S. The second-order valence-electron chi connectivity index (χ2n) is 12.7. The number of nitrogens with one attached hydrogen (secondary N) is 4. The van der Waals surface area contributed by atoms with Crippen molar-refractivity contribution in [2.75, 3.05) is 18.6 Å². The first kappa shape index (κ1) is 41.1. The summed E-state index contributed by atoms with van der Waals surface area (Å²) in [7, 11) is 0. The van der Waals surface area contributed by atoms with Gasteiger partial charge in [-0.05, 0) is 63.2 Å². The summed E-state index contributed by atoms with van der Waals surface area (Å²) in [4.78, 5) is 65.4. The number of esters is 1. The highest BCUT2D eigenvalue weighted by Crippen LogP contribution is 2.13. The van der Waals surface area contributed by atoms with Crippen LogP contribution in [0.2, 0.25) is 0 Å². The minimum Gasteiger partial charge on any atom is -0.459 e. The molecule has 0 saturated heterocycles. The van der Waals surface area contributed by atoms with Crippen molar-refractivity contribution in [1.29, 1.82) is 0 Å². The van der Waals surface area contributed by atoms with Gasteiger partial charge in [0.2, 0.25) is 17.7 Å². The van der Waals surface area contributed by atoms with E-state index >= 15 is 0 Å². The minimum atomic E-state index is -1.18. The lowest BCUT2D eigenvalue weighted by Gasteiger charge is -2.27. The van der Waals surface area contributed by atoms with Crippen LogP contribution in [-0.2, 0) is 46.6 Å². The van der Waals surface area contributed by atoms with E-state index in [1.165, 1.54) is 11.8 Å². The Morgan fingerprint density at radius 3 is 1.94 bits per heavy atom. The van der Waals surface area contributed by atoms with Crippen molar-refractivity contribution < 1.29 is 38.2 Å². The molecule has 12 nitrogen and oxygen atoms in total. The van der Waals surface area contributed by atoms with Crippen LogP contribution in [0.4, 0.5) is 4.79 Å². The Morgan fingerprint density at radius 1 is 0.796 bits per heavy atom. The number of hydrogen-bond acceptors (Lipinski definition) is 9. The van der Waals surface area contributed by atoms with Gasteiger partial charge in [-0.2, -0.15) is 11.8 Å². The molecule has 4 amide bonds. The molecule has 270 valence electrons. The normalized spacial score (nSPS) is 14.3. The molecule has 0 radical (unpaired) electrons. The lowest BCUT2D eigenvalue weighted by atomic mass is 9.98. The zero-order valence-corrected chi connectivity index (χ0v) is 30.4. The molecule has 0 aromatic heterocycles. The summed E-state index contributed by atoms with van der Waals surface area (Å²) in [5.41, 5.74) is 0.917. The summed E-state index contributed by atoms with van der Waals surface area (Å²) in [6.07, 6.45) is 1.18. The number of hydrogen-bond donors (Lipinski definition) is 4. The number of rotatable bonds is 19. The van der Waals surface area contributed by atoms with Crippen LogP contribution < -0.4 is 21.3 Å².